The van der Waals surface area contributed by atoms with Gasteiger partial charge in [-0.3, -0.25) is 19.5 Å². The number of likely N-dealkylation sites (tertiary alicyclic amines) is 1. The second-order valence-electron chi connectivity index (χ2n) is 9.81. The second-order valence-corrected chi connectivity index (χ2v) is 11.5. The fourth-order valence-electron chi connectivity index (χ4n) is 4.50. The molecule has 3 rings (SSSR count). The van der Waals surface area contributed by atoms with Gasteiger partial charge in [0.25, 0.3) is 0 Å². The molecule has 0 aromatic heterocycles. The van der Waals surface area contributed by atoms with E-state index < -0.39 is 55.9 Å². The molecule has 0 bridgehead atoms. The fraction of sp³-hybridized carbons (Fsp3) is 0.423. The van der Waals surface area contributed by atoms with Crippen molar-refractivity contribution in [1.82, 2.24) is 15.5 Å². The van der Waals surface area contributed by atoms with Crippen LogP contribution in [0.25, 0.3) is 11.1 Å². The lowest BCUT2D eigenvalue weighted by Gasteiger charge is -2.29. The maximum Gasteiger partial charge on any atom is 0.339 e. The van der Waals surface area contributed by atoms with Crippen LogP contribution < -0.4 is 10.6 Å². The molecule has 0 saturated carbocycles. The quantitative estimate of drug-likeness (QED) is 0.226. The van der Waals surface area contributed by atoms with Crippen molar-refractivity contribution in [1.29, 1.82) is 0 Å². The van der Waals surface area contributed by atoms with Gasteiger partial charge in [-0.25, -0.2) is 4.79 Å². The third kappa shape index (κ3) is 7.96. The summed E-state index contributed by atoms with van der Waals surface area (Å²) in [6.07, 6.45) is -1.80. The van der Waals surface area contributed by atoms with Crippen molar-refractivity contribution in [3.05, 3.63) is 60.2 Å². The molecule has 206 valence electrons. The minimum absolute atomic E-state index is 0.0435. The van der Waals surface area contributed by atoms with E-state index in [2.05, 4.69) is 10.6 Å². The van der Waals surface area contributed by atoms with Crippen LogP contribution in [0.1, 0.15) is 25.8 Å². The van der Waals surface area contributed by atoms with Gasteiger partial charge in [-0.1, -0.05) is 68.4 Å². The number of rotatable bonds is 11. The van der Waals surface area contributed by atoms with Gasteiger partial charge in [-0.05, 0) is 22.6 Å². The largest absolute Gasteiger partial charge is 0.480 e. The van der Waals surface area contributed by atoms with Crippen LogP contribution in [-0.4, -0.2) is 79.7 Å². The molecule has 12 heteroatoms. The van der Waals surface area contributed by atoms with Crippen molar-refractivity contribution in [3.63, 3.8) is 0 Å². The van der Waals surface area contributed by atoms with Crippen LogP contribution in [-0.2, 0) is 25.4 Å². The van der Waals surface area contributed by atoms with Crippen molar-refractivity contribution in [2.75, 3.05) is 12.8 Å². The first-order valence-corrected chi connectivity index (χ1v) is 14.1. The average Bonchev–Trinajstić information content (AvgIpc) is 3.25. The first-order chi connectivity index (χ1) is 17.9. The third-order valence-electron chi connectivity index (χ3n) is 6.43. The predicted molar refractivity (Wildman–Crippen MR) is 140 cm³/mol. The van der Waals surface area contributed by atoms with Gasteiger partial charge in [0.2, 0.25) is 11.8 Å². The zero-order valence-corrected chi connectivity index (χ0v) is 22.1. The summed E-state index contributed by atoms with van der Waals surface area (Å²) in [4.78, 5) is 58.0. The molecule has 11 nitrogen and oxygen atoms in total. The Morgan fingerprint density at radius 2 is 1.63 bits per heavy atom. The molecule has 0 unspecified atom stereocenters. The van der Waals surface area contributed by atoms with Crippen LogP contribution in [0.4, 0.5) is 0 Å². The molecule has 1 fully saturated rings. The number of hydrogen-bond acceptors (Lipinski definition) is 6. The summed E-state index contributed by atoms with van der Waals surface area (Å²) in [6, 6.07) is 13.6. The SMILES string of the molecule is CC(C)[C@H](NCP(=O)(O)O)C(=O)N[C@@H](Cc1ccc(-c2ccccc2)cc1)C(=O)N1C[C@H](O)C[C@H]1C(=O)O. The summed E-state index contributed by atoms with van der Waals surface area (Å²) >= 11 is 0. The number of aliphatic hydroxyl groups excluding tert-OH is 1. The monoisotopic (exact) mass is 547 g/mol. The molecular formula is C26H34N3O8P. The van der Waals surface area contributed by atoms with Crippen LogP contribution in [0.15, 0.2) is 54.6 Å². The van der Waals surface area contributed by atoms with Crippen LogP contribution in [0, 0.1) is 5.92 Å². The molecule has 4 atom stereocenters. The minimum atomic E-state index is -4.44. The van der Waals surface area contributed by atoms with Gasteiger partial charge in [-0.15, -0.1) is 0 Å². The number of nitrogens with zero attached hydrogens (tertiary/aromatic N) is 1. The lowest BCUT2D eigenvalue weighted by atomic mass is 9.98. The Balaban J connectivity index is 1.85. The van der Waals surface area contributed by atoms with Gasteiger partial charge >= 0.3 is 13.6 Å². The highest BCUT2D eigenvalue weighted by atomic mass is 31.2. The maximum atomic E-state index is 13.5. The molecule has 1 aliphatic heterocycles. The first kappa shape index (κ1) is 29.5. The standard InChI is InChI=1S/C26H34N3O8P/c1-16(2)23(27-15-38(35,36)37)24(31)28-21(25(32)29-14-20(30)13-22(29)26(33)34)12-17-8-10-19(11-9-17)18-6-4-3-5-7-18/h3-11,16,20-23,27,30H,12-15H2,1-2H3,(H,28,31)(H,33,34)(H2,35,36,37)/t20-,21+,22+,23+/m1/s1. The Hall–Kier alpha value is -3.08. The summed E-state index contributed by atoms with van der Waals surface area (Å²) in [6.45, 7) is 3.19. The summed E-state index contributed by atoms with van der Waals surface area (Å²) in [5.41, 5.74) is 2.67. The number of benzene rings is 2. The number of aliphatic carboxylic acids is 1. The van der Waals surface area contributed by atoms with E-state index in [0.29, 0.717) is 5.56 Å². The Labute approximate surface area is 221 Å². The van der Waals surface area contributed by atoms with E-state index in [1.165, 1.54) is 0 Å². The molecule has 2 aromatic carbocycles. The van der Waals surface area contributed by atoms with Gasteiger partial charge < -0.3 is 30.2 Å². The Morgan fingerprint density at radius 1 is 1.03 bits per heavy atom. The number of aliphatic hydroxyl groups is 1. The molecule has 1 heterocycles. The topological polar surface area (TPSA) is 176 Å². The first-order valence-electron chi connectivity index (χ1n) is 12.3. The third-order valence-corrected chi connectivity index (χ3v) is 7.02. The molecule has 0 radical (unpaired) electrons. The summed E-state index contributed by atoms with van der Waals surface area (Å²) in [5, 5.41) is 24.8. The maximum absolute atomic E-state index is 13.5. The van der Waals surface area contributed by atoms with Gasteiger partial charge in [0.05, 0.1) is 18.4 Å². The number of carbonyl (C=O) groups is 3. The number of carboxylic acids is 1. The van der Waals surface area contributed by atoms with Crippen LogP contribution >= 0.6 is 7.60 Å². The average molecular weight is 548 g/mol. The molecular weight excluding hydrogens is 513 g/mol. The number of β-amino-alcohol motifs (C(OH)–C–C–N with tert-alkyl or cyclic N) is 1. The number of hydrogen-bond donors (Lipinski definition) is 6. The number of amides is 2. The highest BCUT2D eigenvalue weighted by Crippen LogP contribution is 2.32. The number of carboxylic acid groups (broad SMARTS) is 1. The Kier molecular flexibility index (Phi) is 9.81. The van der Waals surface area contributed by atoms with Crippen molar-refractivity contribution in [3.8, 4) is 11.1 Å². The summed E-state index contributed by atoms with van der Waals surface area (Å²) in [5.74, 6) is -2.94. The lowest BCUT2D eigenvalue weighted by molar-refractivity contribution is -0.149. The van der Waals surface area contributed by atoms with E-state index in [4.69, 9.17) is 0 Å². The highest BCUT2D eigenvalue weighted by molar-refractivity contribution is 7.51. The minimum Gasteiger partial charge on any atom is -0.480 e. The summed E-state index contributed by atoms with van der Waals surface area (Å²) in [7, 11) is -4.44. The second kappa shape index (κ2) is 12.6. The van der Waals surface area contributed by atoms with Crippen molar-refractivity contribution < 1.29 is 38.9 Å². The Bertz CT molecular complexity index is 1170. The highest BCUT2D eigenvalue weighted by Gasteiger charge is 2.42. The van der Waals surface area contributed by atoms with Crippen LogP contribution in [0.2, 0.25) is 0 Å². The van der Waals surface area contributed by atoms with Crippen molar-refractivity contribution >= 4 is 25.4 Å². The molecule has 2 aromatic rings. The van der Waals surface area contributed by atoms with Gasteiger partial charge in [0.1, 0.15) is 12.1 Å². The van der Waals surface area contributed by atoms with Crippen LogP contribution in [0.3, 0.4) is 0 Å². The van der Waals surface area contributed by atoms with Crippen LogP contribution in [0.5, 0.6) is 0 Å². The molecule has 38 heavy (non-hydrogen) atoms. The molecule has 6 N–H and O–H groups in total. The van der Waals surface area contributed by atoms with E-state index in [1.807, 2.05) is 54.6 Å². The van der Waals surface area contributed by atoms with Gasteiger partial charge in [0.15, 0.2) is 0 Å². The molecule has 2 amide bonds. The number of nitrogens with one attached hydrogen (secondary N) is 2. The van der Waals surface area contributed by atoms with E-state index in [0.717, 1.165) is 16.0 Å². The fourth-order valence-corrected chi connectivity index (χ4v) is 4.94. The van der Waals surface area contributed by atoms with Crippen molar-refractivity contribution in [2.45, 2.75) is 50.9 Å². The molecule has 1 saturated heterocycles. The lowest BCUT2D eigenvalue weighted by Crippen LogP contribution is -2.57. The zero-order chi connectivity index (χ0) is 28.0. The van der Waals surface area contributed by atoms with Gasteiger partial charge in [-0.2, -0.15) is 0 Å². The zero-order valence-electron chi connectivity index (χ0n) is 21.2. The van der Waals surface area contributed by atoms with E-state index in [9.17, 15) is 38.9 Å². The summed E-state index contributed by atoms with van der Waals surface area (Å²) < 4.78 is 11.3. The van der Waals surface area contributed by atoms with E-state index >= 15 is 0 Å². The van der Waals surface area contributed by atoms with Gasteiger partial charge in [0, 0.05) is 19.4 Å². The Morgan fingerprint density at radius 3 is 2.18 bits per heavy atom. The normalized spacial score (nSPS) is 19.3. The molecule has 0 aliphatic carbocycles. The van der Waals surface area contributed by atoms with E-state index in [1.54, 1.807) is 13.8 Å². The molecule has 0 spiro atoms. The smallest absolute Gasteiger partial charge is 0.339 e. The van der Waals surface area contributed by atoms with Crippen molar-refractivity contribution in [2.24, 2.45) is 5.92 Å². The predicted octanol–water partition coefficient (Wildman–Crippen LogP) is 1.18. The molecule has 1 aliphatic rings. The van der Waals surface area contributed by atoms with E-state index in [-0.39, 0.29) is 25.3 Å². The number of carbonyl (C=O) groups excluding carboxylic acids is 2.